The van der Waals surface area contributed by atoms with Gasteiger partial charge in [-0.1, -0.05) is 24.3 Å². The van der Waals surface area contributed by atoms with Crippen molar-refractivity contribution in [2.75, 3.05) is 31.5 Å². The van der Waals surface area contributed by atoms with E-state index < -0.39 is 0 Å². The molecular formula is C21H24N4S2. The summed E-state index contributed by atoms with van der Waals surface area (Å²) in [5.74, 6) is 0. The van der Waals surface area contributed by atoms with E-state index in [1.807, 2.05) is 0 Å². The molecule has 0 atom stereocenters. The van der Waals surface area contributed by atoms with Gasteiger partial charge in [-0.3, -0.25) is 4.90 Å². The number of hydrogen-bond donors (Lipinski definition) is 1. The number of piperazine rings is 1. The van der Waals surface area contributed by atoms with Gasteiger partial charge in [-0.25, -0.2) is 4.98 Å². The highest BCUT2D eigenvalue weighted by atomic mass is 32.1. The molecule has 2 heterocycles. The van der Waals surface area contributed by atoms with E-state index in [-0.39, 0.29) is 0 Å². The Bertz CT molecular complexity index is 925. The van der Waals surface area contributed by atoms with Crippen LogP contribution in [-0.2, 0) is 6.54 Å². The SMILES string of the molecule is Cc1cccc(NC(=S)N2CCN(Cc3nc4ccccc4s3)CC2)c1C. The Morgan fingerprint density at radius 2 is 1.85 bits per heavy atom. The summed E-state index contributed by atoms with van der Waals surface area (Å²) in [4.78, 5) is 9.50. The van der Waals surface area contributed by atoms with Crippen LogP contribution >= 0.6 is 23.6 Å². The molecule has 2 aromatic carbocycles. The van der Waals surface area contributed by atoms with Gasteiger partial charge in [0.15, 0.2) is 5.11 Å². The maximum absolute atomic E-state index is 5.66. The molecule has 1 aliphatic rings. The zero-order chi connectivity index (χ0) is 18.8. The Labute approximate surface area is 169 Å². The molecule has 27 heavy (non-hydrogen) atoms. The molecule has 1 fully saturated rings. The largest absolute Gasteiger partial charge is 0.346 e. The number of nitrogens with one attached hydrogen (secondary N) is 1. The zero-order valence-corrected chi connectivity index (χ0v) is 17.4. The quantitative estimate of drug-likeness (QED) is 0.662. The van der Waals surface area contributed by atoms with Crippen molar-refractivity contribution in [1.29, 1.82) is 0 Å². The summed E-state index contributed by atoms with van der Waals surface area (Å²) in [6.07, 6.45) is 0. The third kappa shape index (κ3) is 4.13. The molecule has 1 N–H and O–H groups in total. The molecule has 4 nitrogen and oxygen atoms in total. The number of benzene rings is 2. The number of para-hydroxylation sites is 1. The van der Waals surface area contributed by atoms with Crippen LogP contribution in [0.15, 0.2) is 42.5 Å². The Kier molecular flexibility index (Phi) is 5.38. The summed E-state index contributed by atoms with van der Waals surface area (Å²) in [5.41, 5.74) is 4.75. The number of fused-ring (bicyclic) bond motifs is 1. The Hall–Kier alpha value is -2.02. The summed E-state index contributed by atoms with van der Waals surface area (Å²) < 4.78 is 1.27. The Morgan fingerprint density at radius 1 is 1.07 bits per heavy atom. The van der Waals surface area contributed by atoms with Crippen LogP contribution < -0.4 is 5.32 Å². The second-order valence-corrected chi connectivity index (χ2v) is 8.52. The van der Waals surface area contributed by atoms with Gasteiger partial charge in [-0.2, -0.15) is 0 Å². The van der Waals surface area contributed by atoms with Crippen molar-refractivity contribution >= 4 is 44.6 Å². The van der Waals surface area contributed by atoms with E-state index in [0.29, 0.717) is 0 Å². The van der Waals surface area contributed by atoms with Crippen LogP contribution in [0.1, 0.15) is 16.1 Å². The number of hydrogen-bond acceptors (Lipinski definition) is 4. The highest BCUT2D eigenvalue weighted by molar-refractivity contribution is 7.80. The predicted octanol–water partition coefficient (Wildman–Crippen LogP) is 4.43. The maximum Gasteiger partial charge on any atom is 0.173 e. The summed E-state index contributed by atoms with van der Waals surface area (Å²) in [5, 5.41) is 5.45. The van der Waals surface area contributed by atoms with Gasteiger partial charge in [0.2, 0.25) is 0 Å². The van der Waals surface area contributed by atoms with E-state index in [2.05, 4.69) is 71.4 Å². The minimum absolute atomic E-state index is 0.823. The fourth-order valence-electron chi connectivity index (χ4n) is 3.37. The van der Waals surface area contributed by atoms with Gasteiger partial charge < -0.3 is 10.2 Å². The molecule has 140 valence electrons. The first-order chi connectivity index (χ1) is 13.1. The molecule has 0 aliphatic carbocycles. The van der Waals surface area contributed by atoms with Crippen LogP contribution in [0, 0.1) is 13.8 Å². The van der Waals surface area contributed by atoms with Crippen molar-refractivity contribution in [3.63, 3.8) is 0 Å². The second kappa shape index (κ2) is 7.92. The molecule has 1 saturated heterocycles. The van der Waals surface area contributed by atoms with Gasteiger partial charge in [0.25, 0.3) is 0 Å². The molecule has 0 saturated carbocycles. The average molecular weight is 397 g/mol. The molecular weight excluding hydrogens is 372 g/mol. The Balaban J connectivity index is 1.33. The number of aryl methyl sites for hydroxylation is 1. The van der Waals surface area contributed by atoms with E-state index in [4.69, 9.17) is 17.2 Å². The molecule has 0 radical (unpaired) electrons. The molecule has 1 aliphatic heterocycles. The molecule has 0 bridgehead atoms. The lowest BCUT2D eigenvalue weighted by atomic mass is 10.1. The molecule has 0 spiro atoms. The highest BCUT2D eigenvalue weighted by Gasteiger charge is 2.20. The number of thiazole rings is 1. The van der Waals surface area contributed by atoms with Crippen LogP contribution in [0.5, 0.6) is 0 Å². The first kappa shape index (κ1) is 18.3. The number of nitrogens with zero attached hydrogens (tertiary/aromatic N) is 3. The smallest absolute Gasteiger partial charge is 0.173 e. The average Bonchev–Trinajstić information content (AvgIpc) is 3.08. The standard InChI is InChI=1S/C21H24N4S2/c1-15-6-5-8-17(16(15)2)23-21(26)25-12-10-24(11-13-25)14-20-22-18-7-3-4-9-19(18)27-20/h3-9H,10-14H2,1-2H3,(H,23,26). The highest BCUT2D eigenvalue weighted by Crippen LogP contribution is 2.23. The number of thiocarbonyl (C=S) groups is 1. The topological polar surface area (TPSA) is 31.4 Å². The molecule has 0 amide bonds. The summed E-state index contributed by atoms with van der Waals surface area (Å²) in [6.45, 7) is 9.09. The van der Waals surface area contributed by atoms with Gasteiger partial charge >= 0.3 is 0 Å². The van der Waals surface area contributed by atoms with Gasteiger partial charge in [-0.15, -0.1) is 11.3 Å². The molecule has 0 unspecified atom stereocenters. The molecule has 1 aromatic heterocycles. The first-order valence-corrected chi connectivity index (χ1v) is 10.5. The lowest BCUT2D eigenvalue weighted by Gasteiger charge is -2.36. The first-order valence-electron chi connectivity index (χ1n) is 9.29. The third-order valence-corrected chi connectivity index (χ3v) is 6.58. The van der Waals surface area contributed by atoms with Crippen LogP contribution in [0.3, 0.4) is 0 Å². The fourth-order valence-corrected chi connectivity index (χ4v) is 4.67. The van der Waals surface area contributed by atoms with Crippen LogP contribution in [-0.4, -0.2) is 46.1 Å². The minimum atomic E-state index is 0.823. The van der Waals surface area contributed by atoms with E-state index in [1.54, 1.807) is 11.3 Å². The van der Waals surface area contributed by atoms with Crippen LogP contribution in [0.25, 0.3) is 10.2 Å². The van der Waals surface area contributed by atoms with Crippen molar-refractivity contribution < 1.29 is 0 Å². The van der Waals surface area contributed by atoms with Crippen molar-refractivity contribution in [3.8, 4) is 0 Å². The van der Waals surface area contributed by atoms with Gasteiger partial charge in [-0.05, 0) is 55.4 Å². The lowest BCUT2D eigenvalue weighted by Crippen LogP contribution is -2.49. The van der Waals surface area contributed by atoms with Crippen molar-refractivity contribution in [3.05, 3.63) is 58.6 Å². The minimum Gasteiger partial charge on any atom is -0.346 e. The predicted molar refractivity (Wildman–Crippen MR) is 119 cm³/mol. The normalized spacial score (nSPS) is 15.3. The van der Waals surface area contributed by atoms with Crippen molar-refractivity contribution in [2.45, 2.75) is 20.4 Å². The van der Waals surface area contributed by atoms with E-state index in [9.17, 15) is 0 Å². The number of anilines is 1. The number of rotatable bonds is 3. The van der Waals surface area contributed by atoms with Crippen molar-refractivity contribution in [1.82, 2.24) is 14.8 Å². The summed E-state index contributed by atoms with van der Waals surface area (Å²) in [6, 6.07) is 14.7. The van der Waals surface area contributed by atoms with Crippen molar-refractivity contribution in [2.24, 2.45) is 0 Å². The van der Waals surface area contributed by atoms with E-state index in [1.165, 1.54) is 20.8 Å². The fraction of sp³-hybridized carbons (Fsp3) is 0.333. The number of aromatic nitrogens is 1. The van der Waals surface area contributed by atoms with E-state index in [0.717, 1.165) is 49.0 Å². The molecule has 3 aromatic rings. The maximum atomic E-state index is 5.66. The second-order valence-electron chi connectivity index (χ2n) is 7.02. The lowest BCUT2D eigenvalue weighted by molar-refractivity contribution is 0.177. The molecule has 6 heteroatoms. The molecule has 4 rings (SSSR count). The van der Waals surface area contributed by atoms with E-state index >= 15 is 0 Å². The monoisotopic (exact) mass is 396 g/mol. The third-order valence-electron chi connectivity index (χ3n) is 5.20. The Morgan fingerprint density at radius 3 is 2.63 bits per heavy atom. The van der Waals surface area contributed by atoms with Crippen LogP contribution in [0.4, 0.5) is 5.69 Å². The summed E-state index contributed by atoms with van der Waals surface area (Å²) >= 11 is 7.46. The van der Waals surface area contributed by atoms with Gasteiger partial charge in [0.1, 0.15) is 5.01 Å². The van der Waals surface area contributed by atoms with Crippen LogP contribution in [0.2, 0.25) is 0 Å². The van der Waals surface area contributed by atoms with Gasteiger partial charge in [0.05, 0.1) is 16.8 Å². The zero-order valence-electron chi connectivity index (χ0n) is 15.7. The summed E-state index contributed by atoms with van der Waals surface area (Å²) in [7, 11) is 0. The van der Waals surface area contributed by atoms with Gasteiger partial charge in [0, 0.05) is 31.9 Å².